The van der Waals surface area contributed by atoms with Crippen molar-refractivity contribution in [3.8, 4) is 107 Å². The third-order valence-electron chi connectivity index (χ3n) is 15.8. The third-order valence-corrected chi connectivity index (χ3v) is 15.8. The number of para-hydroxylation sites is 2. The summed E-state index contributed by atoms with van der Waals surface area (Å²) in [5.41, 5.74) is 5.66. The van der Waals surface area contributed by atoms with Gasteiger partial charge in [0.25, 0.3) is 6.33 Å². The van der Waals surface area contributed by atoms with Gasteiger partial charge in [0.2, 0.25) is 0 Å². The molecule has 5 heteroatoms. The Morgan fingerprint density at radius 3 is 1.76 bits per heavy atom. The van der Waals surface area contributed by atoms with Crippen LogP contribution in [0.15, 0.2) is 267 Å². The van der Waals surface area contributed by atoms with Crippen LogP contribution in [0.4, 0.5) is 0 Å². The molecule has 408 valence electrons. The minimum atomic E-state index is -0.810. The summed E-state index contributed by atoms with van der Waals surface area (Å²) in [5, 5.41) is 2.00. The van der Waals surface area contributed by atoms with E-state index in [2.05, 4.69) is 70.6 Å². The van der Waals surface area contributed by atoms with E-state index in [1.54, 1.807) is 28.8 Å². The number of nitrogens with zero attached hydrogens (tertiary/aromatic N) is 4. The fourth-order valence-corrected chi connectivity index (χ4v) is 11.8. The topological polar surface area (TPSA) is 35.9 Å². The predicted molar refractivity (Wildman–Crippen MR) is 351 cm³/mol. The molecule has 1 aliphatic heterocycles. The van der Waals surface area contributed by atoms with Gasteiger partial charge in [0.05, 0.1) is 58.1 Å². The molecular formula is C80H62N4O. The lowest BCUT2D eigenvalue weighted by atomic mass is 9.81. The Balaban J connectivity index is 1.07. The van der Waals surface area contributed by atoms with E-state index in [1.165, 1.54) is 0 Å². The summed E-state index contributed by atoms with van der Waals surface area (Å²) in [6.07, 6.45) is 5.61. The minimum Gasteiger partial charge on any atom is -0.458 e. The van der Waals surface area contributed by atoms with Crippen LogP contribution < -0.4 is 9.30 Å². The third kappa shape index (κ3) is 9.02. The van der Waals surface area contributed by atoms with Crippen LogP contribution in [-0.4, -0.2) is 14.1 Å². The average molecular weight is 1110 g/mol. The zero-order valence-electron chi connectivity index (χ0n) is 65.2. The largest absolute Gasteiger partial charge is 0.458 e. The van der Waals surface area contributed by atoms with E-state index in [1.807, 2.05) is 120 Å². The van der Waals surface area contributed by atoms with Crippen molar-refractivity contribution in [1.82, 2.24) is 14.1 Å². The van der Waals surface area contributed by atoms with Gasteiger partial charge in [-0.05, 0) is 173 Å². The summed E-state index contributed by atoms with van der Waals surface area (Å²) >= 11 is 0. The van der Waals surface area contributed by atoms with Crippen molar-refractivity contribution in [2.75, 3.05) is 0 Å². The summed E-state index contributed by atoms with van der Waals surface area (Å²) < 4.78 is 179. The molecule has 15 rings (SSSR count). The van der Waals surface area contributed by atoms with Gasteiger partial charge in [0, 0.05) is 23.0 Å². The van der Waals surface area contributed by atoms with Gasteiger partial charge in [-0.15, -0.1) is 0 Å². The van der Waals surface area contributed by atoms with E-state index < -0.39 is 136 Å². The van der Waals surface area contributed by atoms with Gasteiger partial charge in [-0.25, -0.2) is 4.98 Å². The monoisotopic (exact) mass is 1110 g/mol. The van der Waals surface area contributed by atoms with Crippen molar-refractivity contribution >= 4 is 32.8 Å². The number of ether oxygens (including phenoxy) is 1. The molecular weight excluding hydrogens is 1030 g/mol. The molecule has 0 saturated carbocycles. The lowest BCUT2D eigenvalue weighted by Gasteiger charge is -2.26. The summed E-state index contributed by atoms with van der Waals surface area (Å²) in [5.74, 6) is 1.64. The van der Waals surface area contributed by atoms with Crippen molar-refractivity contribution in [3.05, 3.63) is 284 Å². The molecule has 4 heterocycles. The van der Waals surface area contributed by atoms with Gasteiger partial charge in [0.1, 0.15) is 17.3 Å². The maximum absolute atomic E-state index is 10.4. The highest BCUT2D eigenvalue weighted by molar-refractivity contribution is 6.10. The maximum Gasteiger partial charge on any atom is 0.269 e. The van der Waals surface area contributed by atoms with Crippen LogP contribution in [-0.2, 0) is 10.8 Å². The van der Waals surface area contributed by atoms with Crippen molar-refractivity contribution in [2.45, 2.75) is 52.4 Å². The summed E-state index contributed by atoms with van der Waals surface area (Å²) in [4.78, 5) is 4.89. The lowest BCUT2D eigenvalue weighted by Crippen LogP contribution is -2.35. The SMILES string of the molecule is [2H]c1c([2H])c([2H])c(-c2cccc3c2-c2ccccc2-c2cc(-c4c([2H])c(-c5c([2H])c([2H])c([2H])c([2H])c5[2H])c([2H])c(-c5c([2H])c([2H])c([2H])c([2H])c5[2H])c4[2H])cc4c2[n+]([c-]n4-c2cccc(Oc4ccc5c6ccccc6n(-c6cc(C(C)(C)C)ccn6)c5c4)c2)-c2c-3cccc2C(C)(C)C)c([2H])c1[2H]. The first-order valence-electron chi connectivity index (χ1n) is 37.0. The van der Waals surface area contributed by atoms with Gasteiger partial charge < -0.3 is 4.74 Å². The summed E-state index contributed by atoms with van der Waals surface area (Å²) in [6.45, 7) is 12.7. The van der Waals surface area contributed by atoms with Crippen LogP contribution in [0.5, 0.6) is 11.5 Å². The number of hydrogen-bond acceptors (Lipinski definition) is 2. The zero-order chi connectivity index (χ0) is 73.2. The lowest BCUT2D eigenvalue weighted by molar-refractivity contribution is -0.572. The first-order chi connectivity index (χ1) is 48.9. The highest BCUT2D eigenvalue weighted by Gasteiger charge is 2.31. The number of benzene rings is 11. The quantitative estimate of drug-likeness (QED) is 0.112. The Morgan fingerprint density at radius 2 is 1.05 bits per heavy atom. The first kappa shape index (κ1) is 35.6. The van der Waals surface area contributed by atoms with Gasteiger partial charge >= 0.3 is 0 Å². The van der Waals surface area contributed by atoms with Crippen molar-refractivity contribution < 1.29 is 34.0 Å². The fraction of sp³-hybridized carbons (Fsp3) is 0.100. The van der Waals surface area contributed by atoms with Crippen LogP contribution in [0.1, 0.15) is 77.3 Å². The number of pyridine rings is 1. The predicted octanol–water partition coefficient (Wildman–Crippen LogP) is 20.6. The van der Waals surface area contributed by atoms with E-state index in [-0.39, 0.29) is 22.1 Å². The zero-order valence-corrected chi connectivity index (χ0v) is 47.2. The summed E-state index contributed by atoms with van der Waals surface area (Å²) in [7, 11) is 0. The Hall–Kier alpha value is -10.4. The molecule has 0 N–H and O–H groups in total. The molecule has 14 aromatic rings. The molecule has 0 spiro atoms. The summed E-state index contributed by atoms with van der Waals surface area (Å²) in [6, 6.07) is 35.1. The molecule has 5 nitrogen and oxygen atoms in total. The Labute approximate surface area is 522 Å². The highest BCUT2D eigenvalue weighted by Crippen LogP contribution is 2.50. The van der Waals surface area contributed by atoms with Crippen LogP contribution in [0, 0.1) is 6.33 Å². The second-order valence-electron chi connectivity index (χ2n) is 23.2. The molecule has 0 fully saturated rings. The Bertz CT molecular complexity index is 5880. The molecule has 0 aliphatic carbocycles. The van der Waals surface area contributed by atoms with Crippen LogP contribution in [0.2, 0.25) is 0 Å². The van der Waals surface area contributed by atoms with E-state index >= 15 is 0 Å². The van der Waals surface area contributed by atoms with Gasteiger partial charge in [-0.3, -0.25) is 13.7 Å². The minimum absolute atomic E-state index is 0.0516. The molecule has 0 unspecified atom stereocenters. The Kier molecular flexibility index (Phi) is 8.47. The average Bonchev–Trinajstić information content (AvgIpc) is 1.68. The number of fused-ring (bicyclic) bond motifs is 10. The standard InChI is InChI=1S/C80H62N4O/c1-79(2,3)59-41-42-81-75(48-59)84-72-38-19-18-32-65(72)66-40-39-62(50-73(66)84)85-61-30-20-29-60(49-61)82-51-83-77-69(36-22-37-71(77)80(4,5)6)68-35-21-34-63(54-27-14-9-15-28-54)76(68)67-33-17-16-31-64(67)70-46-58(47-74(82)78(70)83)57-44-55(52-23-10-7-11-24-52)43-56(45-57)53-25-12-8-13-26-53/h7-50H,1-6H3/i7D,8D,9D,10D,11D,12D,13D,14D,15D,23D,24D,25D,26D,27D,28D,43D,44D,45D. The van der Waals surface area contributed by atoms with Crippen LogP contribution in [0.3, 0.4) is 0 Å². The Morgan fingerprint density at radius 1 is 0.447 bits per heavy atom. The fourth-order valence-electron chi connectivity index (χ4n) is 11.8. The molecule has 0 atom stereocenters. The number of rotatable bonds is 8. The molecule has 11 aromatic carbocycles. The molecule has 1 aliphatic rings. The van der Waals surface area contributed by atoms with E-state index in [0.717, 1.165) is 38.8 Å². The first-order valence-corrected chi connectivity index (χ1v) is 28.0. The van der Waals surface area contributed by atoms with Crippen LogP contribution in [0.25, 0.3) is 128 Å². The molecule has 0 amide bonds. The van der Waals surface area contributed by atoms with Crippen molar-refractivity contribution in [3.63, 3.8) is 0 Å². The molecule has 0 saturated heterocycles. The van der Waals surface area contributed by atoms with E-state index in [4.69, 9.17) is 22.1 Å². The molecule has 85 heavy (non-hydrogen) atoms. The maximum atomic E-state index is 10.4. The van der Waals surface area contributed by atoms with Crippen molar-refractivity contribution in [2.24, 2.45) is 0 Å². The van der Waals surface area contributed by atoms with Gasteiger partial charge in [0.15, 0.2) is 0 Å². The van der Waals surface area contributed by atoms with Crippen LogP contribution >= 0.6 is 0 Å². The number of aromatic nitrogens is 4. The normalized spacial score (nSPS) is 15.1. The van der Waals surface area contributed by atoms with Gasteiger partial charge in [-0.1, -0.05) is 223 Å². The van der Waals surface area contributed by atoms with Crippen molar-refractivity contribution in [1.29, 1.82) is 0 Å². The van der Waals surface area contributed by atoms with E-state index in [0.29, 0.717) is 72.9 Å². The second-order valence-corrected chi connectivity index (χ2v) is 23.2. The highest BCUT2D eigenvalue weighted by atomic mass is 16.5. The number of hydrogen-bond donors (Lipinski definition) is 0. The van der Waals surface area contributed by atoms with Gasteiger partial charge in [-0.2, -0.15) is 0 Å². The smallest absolute Gasteiger partial charge is 0.269 e. The number of imidazole rings is 1. The molecule has 3 aromatic heterocycles. The molecule has 0 radical (unpaired) electrons. The second kappa shape index (κ2) is 20.2. The van der Waals surface area contributed by atoms with E-state index in [9.17, 15) is 12.3 Å². The molecule has 0 bridgehead atoms.